The first kappa shape index (κ1) is 16.0. The minimum absolute atomic E-state index is 0.115. The van der Waals surface area contributed by atoms with Crippen molar-refractivity contribution in [1.82, 2.24) is 9.13 Å². The molecule has 0 saturated heterocycles. The largest absolute Gasteiger partial charge is 0.491 e. The van der Waals surface area contributed by atoms with E-state index in [1.807, 2.05) is 6.92 Å². The molecule has 5 nitrogen and oxygen atoms in total. The lowest BCUT2D eigenvalue weighted by molar-refractivity contribution is 0.170. The van der Waals surface area contributed by atoms with Crippen LogP contribution in [0.25, 0.3) is 0 Å². The summed E-state index contributed by atoms with van der Waals surface area (Å²) in [6.45, 7) is 5.98. The van der Waals surface area contributed by atoms with E-state index in [4.69, 9.17) is 4.74 Å². The van der Waals surface area contributed by atoms with E-state index in [1.165, 1.54) is 6.08 Å². The zero-order chi connectivity index (χ0) is 16.7. The van der Waals surface area contributed by atoms with Gasteiger partial charge in [-0.15, -0.1) is 0 Å². The Kier molecular flexibility index (Phi) is 4.14. The van der Waals surface area contributed by atoms with E-state index in [0.717, 1.165) is 11.4 Å². The third-order valence-electron chi connectivity index (χ3n) is 4.18. The van der Waals surface area contributed by atoms with Crippen LogP contribution in [0.5, 0.6) is 0 Å². The Morgan fingerprint density at radius 3 is 3.00 bits per heavy atom. The molecule has 122 valence electrons. The van der Waals surface area contributed by atoms with Crippen LogP contribution in [0.15, 0.2) is 44.2 Å². The summed E-state index contributed by atoms with van der Waals surface area (Å²) in [4.78, 5) is 16.9. The van der Waals surface area contributed by atoms with Crippen LogP contribution >= 0.6 is 15.9 Å². The molecule has 3 heterocycles. The maximum Gasteiger partial charge on any atom is 0.329 e. The van der Waals surface area contributed by atoms with Crippen LogP contribution in [0.2, 0.25) is 0 Å². The van der Waals surface area contributed by atoms with Crippen molar-refractivity contribution < 1.29 is 9.13 Å². The molecule has 2 bridgehead atoms. The highest BCUT2D eigenvalue weighted by atomic mass is 79.9. The normalized spacial score (nSPS) is 26.3. The van der Waals surface area contributed by atoms with Gasteiger partial charge in [0.05, 0.1) is 28.1 Å². The van der Waals surface area contributed by atoms with Crippen molar-refractivity contribution in [3.05, 3.63) is 56.3 Å². The van der Waals surface area contributed by atoms with E-state index < -0.39 is 5.83 Å². The van der Waals surface area contributed by atoms with Gasteiger partial charge in [0.25, 0.3) is 0 Å². The monoisotopic (exact) mass is 381 g/mol. The number of hydrogen-bond acceptors (Lipinski definition) is 3. The smallest absolute Gasteiger partial charge is 0.329 e. The van der Waals surface area contributed by atoms with Crippen molar-refractivity contribution in [2.75, 3.05) is 6.61 Å². The molecular formula is C16H17BrFN3O2. The molecule has 7 heteroatoms. The quantitative estimate of drug-likeness (QED) is 0.750. The van der Waals surface area contributed by atoms with Crippen molar-refractivity contribution in [2.45, 2.75) is 25.8 Å². The first-order chi connectivity index (χ1) is 10.9. The van der Waals surface area contributed by atoms with Crippen LogP contribution in [0.3, 0.4) is 0 Å². The number of halogens is 2. The van der Waals surface area contributed by atoms with Crippen LogP contribution < -0.4 is 5.69 Å². The maximum atomic E-state index is 14.3. The fourth-order valence-corrected chi connectivity index (χ4v) is 3.07. The first-order valence-corrected chi connectivity index (χ1v) is 8.15. The summed E-state index contributed by atoms with van der Waals surface area (Å²) >= 11 is 3.17. The van der Waals surface area contributed by atoms with Gasteiger partial charge in [-0.25, -0.2) is 9.18 Å². The number of nitrogens with zero attached hydrogens (tertiary/aromatic N) is 3. The lowest BCUT2D eigenvalue weighted by atomic mass is 10.1. The summed E-state index contributed by atoms with van der Waals surface area (Å²) in [6, 6.07) is -0.150. The number of aromatic nitrogens is 2. The highest BCUT2D eigenvalue weighted by Crippen LogP contribution is 2.29. The molecular weight excluding hydrogens is 365 g/mol. The van der Waals surface area contributed by atoms with E-state index in [0.29, 0.717) is 18.5 Å². The maximum absolute atomic E-state index is 14.3. The van der Waals surface area contributed by atoms with Crippen LogP contribution in [-0.4, -0.2) is 22.0 Å². The van der Waals surface area contributed by atoms with Gasteiger partial charge in [0.2, 0.25) is 0 Å². The number of allylic oxidation sites excluding steroid dienone is 4. The molecule has 0 radical (unpaired) electrons. The molecule has 0 fully saturated rings. The van der Waals surface area contributed by atoms with E-state index in [9.17, 15) is 9.18 Å². The Hall–Kier alpha value is -1.89. The summed E-state index contributed by atoms with van der Waals surface area (Å²) in [5, 5.41) is 0. The summed E-state index contributed by atoms with van der Waals surface area (Å²) < 4.78 is 23.3. The number of aliphatic imine (C=N–C) groups is 1. The molecule has 1 atom stereocenters. The Morgan fingerprint density at radius 1 is 1.57 bits per heavy atom. The number of rotatable bonds is 1. The topological polar surface area (TPSA) is 48.5 Å². The fraction of sp³-hybridized carbons (Fsp3) is 0.375. The van der Waals surface area contributed by atoms with Crippen LogP contribution in [0.4, 0.5) is 4.39 Å². The average molecular weight is 382 g/mol. The molecule has 1 aromatic heterocycles. The second kappa shape index (κ2) is 5.96. The molecule has 0 amide bonds. The zero-order valence-electron chi connectivity index (χ0n) is 13.0. The summed E-state index contributed by atoms with van der Waals surface area (Å²) in [7, 11) is 1.72. The van der Waals surface area contributed by atoms with E-state index in [2.05, 4.69) is 27.5 Å². The van der Waals surface area contributed by atoms with Gasteiger partial charge in [-0.1, -0.05) is 13.5 Å². The van der Waals surface area contributed by atoms with Gasteiger partial charge in [0, 0.05) is 19.2 Å². The Labute approximate surface area is 141 Å². The van der Waals surface area contributed by atoms with Gasteiger partial charge in [-0.05, 0) is 28.4 Å². The van der Waals surface area contributed by atoms with E-state index in [1.54, 1.807) is 22.4 Å². The molecule has 0 spiro atoms. The molecule has 2 aliphatic heterocycles. The van der Waals surface area contributed by atoms with Crippen molar-refractivity contribution in [1.29, 1.82) is 0 Å². The highest BCUT2D eigenvalue weighted by molar-refractivity contribution is 9.12. The van der Waals surface area contributed by atoms with Gasteiger partial charge in [-0.2, -0.15) is 0 Å². The summed E-state index contributed by atoms with van der Waals surface area (Å²) in [6.07, 6.45) is 4.07. The van der Waals surface area contributed by atoms with Crippen LogP contribution in [-0.2, 0) is 18.2 Å². The highest BCUT2D eigenvalue weighted by Gasteiger charge is 2.26. The van der Waals surface area contributed by atoms with Gasteiger partial charge >= 0.3 is 5.69 Å². The van der Waals surface area contributed by atoms with Gasteiger partial charge in [0.15, 0.2) is 0 Å². The molecule has 0 unspecified atom stereocenters. The number of imidazole rings is 1. The van der Waals surface area contributed by atoms with E-state index in [-0.39, 0.29) is 28.6 Å². The second-order valence-electron chi connectivity index (χ2n) is 5.57. The molecule has 0 aliphatic carbocycles. The lowest BCUT2D eigenvalue weighted by Gasteiger charge is -2.20. The van der Waals surface area contributed by atoms with E-state index >= 15 is 0 Å². The van der Waals surface area contributed by atoms with Crippen molar-refractivity contribution in [3.63, 3.8) is 0 Å². The molecule has 23 heavy (non-hydrogen) atoms. The third kappa shape index (κ3) is 2.63. The second-order valence-corrected chi connectivity index (χ2v) is 6.37. The zero-order valence-corrected chi connectivity index (χ0v) is 14.6. The lowest BCUT2D eigenvalue weighted by Crippen LogP contribution is -2.29. The molecule has 2 aliphatic rings. The minimum Gasteiger partial charge on any atom is -0.491 e. The molecule has 1 aromatic rings. The van der Waals surface area contributed by atoms with Gasteiger partial charge in [-0.3, -0.25) is 14.1 Å². The average Bonchev–Trinajstić information content (AvgIpc) is 2.78. The first-order valence-electron chi connectivity index (χ1n) is 7.36. The van der Waals surface area contributed by atoms with Crippen molar-refractivity contribution in [3.8, 4) is 0 Å². The standard InChI is InChI=1S/C16H17BrFN3O2/c1-4-11-8-23-9(2)15(17)12(18)5-10-6-13-14(7-19-10)20(3)16(22)21(11)13/h5,7,11H,2,4,6,8H2,1,3H3/b10-5+,15-12-/t11-/m0/s1. The Morgan fingerprint density at radius 2 is 2.30 bits per heavy atom. The SMILES string of the molecule is C=C1OC[C@H](CC)n2c3c(n(C)c2=O)C=N/C(=C/C(F)=C\1Br)C3. The molecule has 0 aromatic carbocycles. The minimum atomic E-state index is -0.495. The summed E-state index contributed by atoms with van der Waals surface area (Å²) in [5.41, 5.74) is 2.03. The third-order valence-corrected chi connectivity index (χ3v) is 5.00. The predicted octanol–water partition coefficient (Wildman–Crippen LogP) is 3.12. The predicted molar refractivity (Wildman–Crippen MR) is 90.5 cm³/mol. The number of hydrogen-bond donors (Lipinski definition) is 0. The molecule has 0 saturated carbocycles. The van der Waals surface area contributed by atoms with Crippen molar-refractivity contribution >= 4 is 22.1 Å². The van der Waals surface area contributed by atoms with Crippen LogP contribution in [0, 0.1) is 0 Å². The summed E-state index contributed by atoms with van der Waals surface area (Å²) in [5.74, 6) is -0.294. The number of ether oxygens (including phenoxy) is 1. The van der Waals surface area contributed by atoms with Gasteiger partial charge < -0.3 is 4.74 Å². The molecule has 3 rings (SSSR count). The van der Waals surface area contributed by atoms with Crippen LogP contribution in [0.1, 0.15) is 30.8 Å². The fourth-order valence-electron chi connectivity index (χ4n) is 2.84. The number of fused-ring (bicyclic) bond motifs is 1. The molecule has 0 N–H and O–H groups in total. The Bertz CT molecular complexity index is 829. The van der Waals surface area contributed by atoms with Crippen molar-refractivity contribution in [2.24, 2.45) is 12.0 Å². The Balaban J connectivity index is 2.24. The van der Waals surface area contributed by atoms with Gasteiger partial charge in [0.1, 0.15) is 18.2 Å².